The zero-order valence-corrected chi connectivity index (χ0v) is 12.6. The second-order valence-corrected chi connectivity index (χ2v) is 8.75. The van der Waals surface area contributed by atoms with Crippen LogP contribution in [0.4, 0.5) is 11.4 Å². The lowest BCUT2D eigenvalue weighted by Gasteiger charge is -2.35. The zero-order valence-electron chi connectivity index (χ0n) is 11.0. The van der Waals surface area contributed by atoms with Crippen LogP contribution in [0.3, 0.4) is 0 Å². The van der Waals surface area contributed by atoms with E-state index in [0.29, 0.717) is 12.2 Å². The van der Waals surface area contributed by atoms with Crippen LogP contribution in [0.15, 0.2) is 23.1 Å². The molecular weight excluding hydrogens is 302 g/mol. The molecule has 1 aromatic carbocycles. The number of nitrogens with two attached hydrogens (primary N) is 2. The summed E-state index contributed by atoms with van der Waals surface area (Å²) in [6, 6.07) is 4.07. The van der Waals surface area contributed by atoms with Gasteiger partial charge in [-0.25, -0.2) is 22.0 Å². The van der Waals surface area contributed by atoms with Gasteiger partial charge in [0.05, 0.1) is 16.4 Å². The molecule has 1 aromatic rings. The molecule has 0 aromatic heterocycles. The number of sulfone groups is 1. The van der Waals surface area contributed by atoms with Gasteiger partial charge in [-0.15, -0.1) is 0 Å². The summed E-state index contributed by atoms with van der Waals surface area (Å²) in [5.74, 6) is 0.0728. The maximum atomic E-state index is 11.6. The summed E-state index contributed by atoms with van der Waals surface area (Å²) in [7, 11) is -6.89. The molecule has 0 amide bonds. The van der Waals surface area contributed by atoms with E-state index in [1.165, 1.54) is 12.1 Å². The van der Waals surface area contributed by atoms with Crippen LogP contribution < -0.4 is 15.8 Å². The van der Waals surface area contributed by atoms with Crippen molar-refractivity contribution in [1.82, 2.24) is 0 Å². The molecular formula is C11H17N3O4S2. The van der Waals surface area contributed by atoms with Crippen molar-refractivity contribution in [3.63, 3.8) is 0 Å². The standard InChI is InChI=1S/C11H17N3O4S2/c1-8-7-19(15,16)3-2-14(8)10-4-9(12)5-11(6-10)20(13,17)18/h4-6,8H,2-3,7,12H2,1H3,(H2,13,17,18). The smallest absolute Gasteiger partial charge is 0.238 e. The fourth-order valence-corrected chi connectivity index (χ4v) is 4.46. The number of benzene rings is 1. The van der Waals surface area contributed by atoms with Crippen LogP contribution in [0.2, 0.25) is 0 Å². The molecule has 4 N–H and O–H groups in total. The fraction of sp³-hybridized carbons (Fsp3) is 0.455. The van der Waals surface area contributed by atoms with Crippen LogP contribution in [0.1, 0.15) is 6.92 Å². The van der Waals surface area contributed by atoms with Gasteiger partial charge in [0.25, 0.3) is 0 Å². The maximum absolute atomic E-state index is 11.6. The Bertz CT molecular complexity index is 728. The molecule has 1 heterocycles. The number of primary sulfonamides is 1. The van der Waals surface area contributed by atoms with Crippen molar-refractivity contribution in [2.75, 3.05) is 28.7 Å². The summed E-state index contributed by atoms with van der Waals surface area (Å²) in [4.78, 5) is 1.75. The first kappa shape index (κ1) is 15.1. The molecule has 0 spiro atoms. The normalized spacial score (nSPS) is 22.7. The molecule has 9 heteroatoms. The minimum absolute atomic E-state index is 0.0342. The van der Waals surface area contributed by atoms with Gasteiger partial charge in [-0.1, -0.05) is 0 Å². The molecule has 1 aliphatic heterocycles. The van der Waals surface area contributed by atoms with Gasteiger partial charge in [0.1, 0.15) is 0 Å². The zero-order chi connectivity index (χ0) is 15.1. The number of anilines is 2. The average Bonchev–Trinajstić information content (AvgIpc) is 2.25. The summed E-state index contributed by atoms with van der Waals surface area (Å²) < 4.78 is 46.0. The molecule has 1 saturated heterocycles. The summed E-state index contributed by atoms with van der Waals surface area (Å²) in [6.07, 6.45) is 0. The first-order valence-corrected chi connectivity index (χ1v) is 9.36. The SMILES string of the molecule is CC1CS(=O)(=O)CCN1c1cc(N)cc(S(N)(=O)=O)c1. The highest BCUT2D eigenvalue weighted by Crippen LogP contribution is 2.26. The van der Waals surface area contributed by atoms with Gasteiger partial charge in [-0.3, -0.25) is 0 Å². The molecule has 1 fully saturated rings. The second kappa shape index (κ2) is 4.90. The van der Waals surface area contributed by atoms with E-state index in [1.54, 1.807) is 13.0 Å². The van der Waals surface area contributed by atoms with Crippen LogP contribution in [-0.2, 0) is 19.9 Å². The minimum Gasteiger partial charge on any atom is -0.399 e. The van der Waals surface area contributed by atoms with E-state index in [1.807, 2.05) is 4.90 Å². The van der Waals surface area contributed by atoms with E-state index in [2.05, 4.69) is 0 Å². The Balaban J connectivity index is 2.41. The molecule has 112 valence electrons. The van der Waals surface area contributed by atoms with Gasteiger partial charge in [-0.05, 0) is 25.1 Å². The number of sulfonamides is 1. The van der Waals surface area contributed by atoms with E-state index < -0.39 is 19.9 Å². The number of hydrogen-bond acceptors (Lipinski definition) is 6. The van der Waals surface area contributed by atoms with Crippen molar-refractivity contribution in [3.05, 3.63) is 18.2 Å². The lowest BCUT2D eigenvalue weighted by atomic mass is 10.2. The predicted molar refractivity (Wildman–Crippen MR) is 77.7 cm³/mol. The molecule has 20 heavy (non-hydrogen) atoms. The molecule has 1 atom stereocenters. The fourth-order valence-electron chi connectivity index (χ4n) is 2.32. The first-order valence-electron chi connectivity index (χ1n) is 5.99. The lowest BCUT2D eigenvalue weighted by Crippen LogP contribution is -2.47. The highest BCUT2D eigenvalue weighted by atomic mass is 32.2. The van der Waals surface area contributed by atoms with E-state index in [9.17, 15) is 16.8 Å². The molecule has 0 saturated carbocycles. The third kappa shape index (κ3) is 3.22. The Labute approximate surface area is 118 Å². The molecule has 7 nitrogen and oxygen atoms in total. The Morgan fingerprint density at radius 1 is 1.30 bits per heavy atom. The highest BCUT2D eigenvalue weighted by molar-refractivity contribution is 7.91. The second-order valence-electron chi connectivity index (χ2n) is 4.96. The quantitative estimate of drug-likeness (QED) is 0.711. The van der Waals surface area contributed by atoms with Gasteiger partial charge >= 0.3 is 0 Å². The van der Waals surface area contributed by atoms with E-state index >= 15 is 0 Å². The first-order chi connectivity index (χ1) is 9.08. The number of hydrogen-bond donors (Lipinski definition) is 2. The van der Waals surface area contributed by atoms with Crippen molar-refractivity contribution in [1.29, 1.82) is 0 Å². The van der Waals surface area contributed by atoms with E-state index in [-0.39, 0.29) is 28.1 Å². The number of nitrogens with zero attached hydrogens (tertiary/aromatic N) is 1. The van der Waals surface area contributed by atoms with Crippen molar-refractivity contribution in [2.24, 2.45) is 5.14 Å². The van der Waals surface area contributed by atoms with Crippen LogP contribution in [0.25, 0.3) is 0 Å². The minimum atomic E-state index is -3.85. The van der Waals surface area contributed by atoms with Crippen LogP contribution in [0, 0.1) is 0 Å². The molecule has 0 bridgehead atoms. The number of rotatable bonds is 2. The Kier molecular flexibility index (Phi) is 3.69. The summed E-state index contributed by atoms with van der Waals surface area (Å²) in [5.41, 5.74) is 6.53. The van der Waals surface area contributed by atoms with Gasteiger partial charge in [0, 0.05) is 24.0 Å². The Morgan fingerprint density at radius 2 is 1.95 bits per heavy atom. The third-order valence-corrected chi connectivity index (χ3v) is 5.93. The van der Waals surface area contributed by atoms with Crippen LogP contribution >= 0.6 is 0 Å². The largest absolute Gasteiger partial charge is 0.399 e. The topological polar surface area (TPSA) is 124 Å². The van der Waals surface area contributed by atoms with Crippen molar-refractivity contribution < 1.29 is 16.8 Å². The van der Waals surface area contributed by atoms with Crippen LogP contribution in [0.5, 0.6) is 0 Å². The van der Waals surface area contributed by atoms with Crippen molar-refractivity contribution >= 4 is 31.2 Å². The molecule has 2 rings (SSSR count). The number of nitrogen functional groups attached to an aromatic ring is 1. The molecule has 0 aliphatic carbocycles. The Morgan fingerprint density at radius 3 is 2.50 bits per heavy atom. The maximum Gasteiger partial charge on any atom is 0.238 e. The van der Waals surface area contributed by atoms with Gasteiger partial charge < -0.3 is 10.6 Å². The van der Waals surface area contributed by atoms with Gasteiger partial charge in [0.2, 0.25) is 10.0 Å². The summed E-state index contributed by atoms with van der Waals surface area (Å²) in [6.45, 7) is 2.08. The predicted octanol–water partition coefficient (Wildman–Crippen LogP) is -0.460. The van der Waals surface area contributed by atoms with Crippen molar-refractivity contribution in [3.8, 4) is 0 Å². The van der Waals surface area contributed by atoms with Crippen molar-refractivity contribution in [2.45, 2.75) is 17.9 Å². The van der Waals surface area contributed by atoms with E-state index in [4.69, 9.17) is 10.9 Å². The lowest BCUT2D eigenvalue weighted by molar-refractivity contribution is 0.568. The van der Waals surface area contributed by atoms with Gasteiger partial charge in [0.15, 0.2) is 9.84 Å². The summed E-state index contributed by atoms with van der Waals surface area (Å²) in [5, 5.41) is 5.10. The Hall–Kier alpha value is -1.32. The van der Waals surface area contributed by atoms with Gasteiger partial charge in [-0.2, -0.15) is 0 Å². The van der Waals surface area contributed by atoms with Crippen LogP contribution in [-0.4, -0.2) is 40.9 Å². The summed E-state index contributed by atoms with van der Waals surface area (Å²) >= 11 is 0. The molecule has 1 unspecified atom stereocenters. The third-order valence-electron chi connectivity index (χ3n) is 3.24. The molecule has 1 aliphatic rings. The monoisotopic (exact) mass is 319 g/mol. The highest BCUT2D eigenvalue weighted by Gasteiger charge is 2.28. The average molecular weight is 319 g/mol. The molecule has 0 radical (unpaired) electrons. The van der Waals surface area contributed by atoms with E-state index in [0.717, 1.165) is 0 Å².